The van der Waals surface area contributed by atoms with Gasteiger partial charge in [-0.05, 0) is 61.3 Å². The Morgan fingerprint density at radius 2 is 1.76 bits per heavy atom. The molecule has 1 atom stereocenters. The number of carboxylic acids is 1. The molecule has 0 aliphatic carbocycles. The Labute approximate surface area is 220 Å². The second kappa shape index (κ2) is 11.2. The molecule has 1 unspecified atom stereocenters. The van der Waals surface area contributed by atoms with Crippen LogP contribution in [0.2, 0.25) is 0 Å². The maximum absolute atomic E-state index is 12.3. The van der Waals surface area contributed by atoms with Crippen LogP contribution in [0.4, 0.5) is 0 Å². The molecular weight excluding hydrogens is 478 g/mol. The maximum atomic E-state index is 12.3. The van der Waals surface area contributed by atoms with Gasteiger partial charge in [-0.25, -0.2) is 10.8 Å². The molecule has 0 bridgehead atoms. The maximum Gasteiger partial charge on any atom is 0.307 e. The summed E-state index contributed by atoms with van der Waals surface area (Å²) in [5.41, 5.74) is 7.67. The lowest BCUT2D eigenvalue weighted by Gasteiger charge is -2.30. The summed E-state index contributed by atoms with van der Waals surface area (Å²) in [5.74, 6) is 10.4. The molecule has 190 valence electrons. The Balaban J connectivity index is 1.28. The van der Waals surface area contributed by atoms with E-state index in [1.54, 1.807) is 24.5 Å². The molecule has 38 heavy (non-hydrogen) atoms. The van der Waals surface area contributed by atoms with E-state index >= 15 is 0 Å². The van der Waals surface area contributed by atoms with E-state index in [2.05, 4.69) is 32.1 Å². The van der Waals surface area contributed by atoms with Gasteiger partial charge in [0.1, 0.15) is 0 Å². The standard InChI is InChI=1S/C30H27N5O3/c31-34-29(36)25-16-28(33-27-13-14-32-17-26(25)27)23-11-9-21(10-12-23)4-3-20-5-7-22(8-6-20)18-35-15-1-2-24(19-35)30(37)38/h5-14,16-17,24H,1-2,15,18-19,31H2,(H,34,36)(H,37,38). The van der Waals surface area contributed by atoms with Crippen molar-refractivity contribution in [3.63, 3.8) is 0 Å². The molecule has 3 heterocycles. The predicted octanol–water partition coefficient (Wildman–Crippen LogP) is 3.60. The molecule has 1 aliphatic rings. The highest BCUT2D eigenvalue weighted by atomic mass is 16.4. The highest BCUT2D eigenvalue weighted by molar-refractivity contribution is 6.06. The number of nitrogen functional groups attached to an aromatic ring is 1. The van der Waals surface area contributed by atoms with Gasteiger partial charge in [-0.15, -0.1) is 0 Å². The number of benzene rings is 2. The summed E-state index contributed by atoms with van der Waals surface area (Å²) in [5, 5.41) is 9.93. The number of fused-ring (bicyclic) bond motifs is 1. The van der Waals surface area contributed by atoms with E-state index in [9.17, 15) is 14.7 Å². The van der Waals surface area contributed by atoms with Crippen LogP contribution in [-0.2, 0) is 11.3 Å². The number of hydrogen-bond acceptors (Lipinski definition) is 6. The Bertz CT molecular complexity index is 1540. The SMILES string of the molecule is NNC(=O)c1cc(-c2ccc(C#Cc3ccc(CN4CCCC(C(=O)O)C4)cc3)cc2)nc2ccncc12. The summed E-state index contributed by atoms with van der Waals surface area (Å²) >= 11 is 0. The van der Waals surface area contributed by atoms with Crippen molar-refractivity contribution in [2.75, 3.05) is 13.1 Å². The molecule has 1 amide bonds. The van der Waals surface area contributed by atoms with Gasteiger partial charge in [0.2, 0.25) is 0 Å². The van der Waals surface area contributed by atoms with E-state index in [1.807, 2.05) is 48.5 Å². The number of pyridine rings is 2. The van der Waals surface area contributed by atoms with Gasteiger partial charge in [0.25, 0.3) is 5.91 Å². The van der Waals surface area contributed by atoms with E-state index in [0.717, 1.165) is 48.2 Å². The zero-order chi connectivity index (χ0) is 26.5. The summed E-state index contributed by atoms with van der Waals surface area (Å²) in [6.07, 6.45) is 4.91. The van der Waals surface area contributed by atoms with Crippen molar-refractivity contribution in [2.45, 2.75) is 19.4 Å². The van der Waals surface area contributed by atoms with E-state index < -0.39 is 11.9 Å². The number of nitrogens with one attached hydrogen (secondary N) is 1. The van der Waals surface area contributed by atoms with Crippen LogP contribution >= 0.6 is 0 Å². The van der Waals surface area contributed by atoms with Gasteiger partial charge >= 0.3 is 5.97 Å². The quantitative estimate of drug-likeness (QED) is 0.164. The van der Waals surface area contributed by atoms with Crippen LogP contribution in [0.1, 0.15) is 39.9 Å². The number of aromatic nitrogens is 2. The number of carbonyl (C=O) groups is 2. The van der Waals surface area contributed by atoms with E-state index in [4.69, 9.17) is 5.84 Å². The van der Waals surface area contributed by atoms with Crippen LogP contribution in [0, 0.1) is 17.8 Å². The summed E-state index contributed by atoms with van der Waals surface area (Å²) in [4.78, 5) is 34.6. The molecule has 0 saturated carbocycles. The third-order valence-electron chi connectivity index (χ3n) is 6.73. The van der Waals surface area contributed by atoms with Crippen molar-refractivity contribution in [2.24, 2.45) is 11.8 Å². The van der Waals surface area contributed by atoms with Crippen LogP contribution in [0.5, 0.6) is 0 Å². The van der Waals surface area contributed by atoms with Crippen LogP contribution in [0.3, 0.4) is 0 Å². The molecule has 1 saturated heterocycles. The highest BCUT2D eigenvalue weighted by Gasteiger charge is 2.25. The Morgan fingerprint density at radius 1 is 1.05 bits per heavy atom. The van der Waals surface area contributed by atoms with Gasteiger partial charge in [-0.3, -0.25) is 24.9 Å². The van der Waals surface area contributed by atoms with Crippen molar-refractivity contribution in [1.29, 1.82) is 0 Å². The number of rotatable bonds is 5. The molecule has 1 aliphatic heterocycles. The molecule has 0 spiro atoms. The first-order valence-electron chi connectivity index (χ1n) is 12.4. The minimum atomic E-state index is -0.705. The second-order valence-corrected chi connectivity index (χ2v) is 9.36. The van der Waals surface area contributed by atoms with Crippen LogP contribution < -0.4 is 11.3 Å². The molecular formula is C30H27N5O3. The van der Waals surface area contributed by atoms with Gasteiger partial charge in [-0.2, -0.15) is 0 Å². The molecule has 4 N–H and O–H groups in total. The first-order chi connectivity index (χ1) is 18.5. The summed E-state index contributed by atoms with van der Waals surface area (Å²) in [6.45, 7) is 2.27. The minimum absolute atomic E-state index is 0.276. The fourth-order valence-electron chi connectivity index (χ4n) is 4.70. The number of nitrogens with two attached hydrogens (primary N) is 1. The summed E-state index contributed by atoms with van der Waals surface area (Å²) < 4.78 is 0. The lowest BCUT2D eigenvalue weighted by atomic mass is 9.98. The molecule has 8 nitrogen and oxygen atoms in total. The number of aliphatic carboxylic acids is 1. The third-order valence-corrected chi connectivity index (χ3v) is 6.73. The number of carbonyl (C=O) groups excluding carboxylic acids is 1. The Kier molecular flexibility index (Phi) is 7.40. The van der Waals surface area contributed by atoms with E-state index in [0.29, 0.717) is 28.7 Å². The van der Waals surface area contributed by atoms with E-state index in [1.165, 1.54) is 0 Å². The number of likely N-dealkylation sites (tertiary alicyclic amines) is 1. The van der Waals surface area contributed by atoms with Crippen LogP contribution in [-0.4, -0.2) is 44.9 Å². The summed E-state index contributed by atoms with van der Waals surface area (Å²) in [7, 11) is 0. The van der Waals surface area contributed by atoms with Gasteiger partial charge in [-0.1, -0.05) is 36.1 Å². The van der Waals surface area contributed by atoms with Gasteiger partial charge in [0.05, 0.1) is 22.7 Å². The average Bonchev–Trinajstić information content (AvgIpc) is 2.96. The van der Waals surface area contributed by atoms with Crippen LogP contribution in [0.15, 0.2) is 73.1 Å². The van der Waals surface area contributed by atoms with E-state index in [-0.39, 0.29) is 5.92 Å². The van der Waals surface area contributed by atoms with Gasteiger partial charge in [0.15, 0.2) is 0 Å². The number of hydrogen-bond donors (Lipinski definition) is 3. The fourth-order valence-corrected chi connectivity index (χ4v) is 4.70. The van der Waals surface area contributed by atoms with Gasteiger partial charge < -0.3 is 5.11 Å². The first kappa shape index (κ1) is 25.1. The number of piperidine rings is 1. The number of amides is 1. The second-order valence-electron chi connectivity index (χ2n) is 9.36. The summed E-state index contributed by atoms with van der Waals surface area (Å²) in [6, 6.07) is 19.3. The van der Waals surface area contributed by atoms with Crippen molar-refractivity contribution in [3.8, 4) is 23.1 Å². The molecule has 0 radical (unpaired) electrons. The van der Waals surface area contributed by atoms with Crippen molar-refractivity contribution < 1.29 is 14.7 Å². The smallest absolute Gasteiger partial charge is 0.307 e. The minimum Gasteiger partial charge on any atom is -0.481 e. The number of hydrazine groups is 1. The lowest BCUT2D eigenvalue weighted by Crippen LogP contribution is -2.38. The zero-order valence-corrected chi connectivity index (χ0v) is 20.7. The molecule has 2 aromatic carbocycles. The zero-order valence-electron chi connectivity index (χ0n) is 20.7. The third kappa shape index (κ3) is 5.70. The van der Waals surface area contributed by atoms with Crippen molar-refractivity contribution in [1.82, 2.24) is 20.3 Å². The van der Waals surface area contributed by atoms with Crippen LogP contribution in [0.25, 0.3) is 22.2 Å². The topological polar surface area (TPSA) is 121 Å². The molecule has 5 rings (SSSR count). The van der Waals surface area contributed by atoms with Crippen molar-refractivity contribution >= 4 is 22.8 Å². The normalized spacial score (nSPS) is 15.4. The highest BCUT2D eigenvalue weighted by Crippen LogP contribution is 2.25. The van der Waals surface area contributed by atoms with Gasteiger partial charge in [0, 0.05) is 47.6 Å². The largest absolute Gasteiger partial charge is 0.481 e. The Morgan fingerprint density at radius 3 is 2.45 bits per heavy atom. The molecule has 8 heteroatoms. The molecule has 2 aromatic heterocycles. The lowest BCUT2D eigenvalue weighted by molar-refractivity contribution is -0.143. The number of nitrogens with zero attached hydrogens (tertiary/aromatic N) is 3. The van der Waals surface area contributed by atoms with Crippen molar-refractivity contribution in [3.05, 3.63) is 95.3 Å². The average molecular weight is 506 g/mol. The molecule has 1 fully saturated rings. The monoisotopic (exact) mass is 505 g/mol. The number of carboxylic acid groups (broad SMARTS) is 1. The fraction of sp³-hybridized carbons (Fsp3) is 0.200. The predicted molar refractivity (Wildman–Crippen MR) is 145 cm³/mol. The first-order valence-corrected chi connectivity index (χ1v) is 12.4. The Hall–Kier alpha value is -4.58. The molecule has 4 aromatic rings.